The Hall–Kier alpha value is -8.15. The molecule has 0 aliphatic rings. The lowest BCUT2D eigenvalue weighted by Crippen LogP contribution is -2.06. The van der Waals surface area contributed by atoms with Crippen molar-refractivity contribution in [2.24, 2.45) is 0 Å². The van der Waals surface area contributed by atoms with Gasteiger partial charge in [-0.25, -0.2) is 4.98 Å². The highest BCUT2D eigenvalue weighted by atomic mass is 16.3. The number of hydrogen-bond donors (Lipinski definition) is 0. The van der Waals surface area contributed by atoms with E-state index < -0.39 is 0 Å². The minimum absolute atomic E-state index is 0.550. The molecule has 60 heavy (non-hydrogen) atoms. The first-order valence-electron chi connectivity index (χ1n) is 20.3. The van der Waals surface area contributed by atoms with Crippen LogP contribution in [0.3, 0.4) is 0 Å². The SMILES string of the molecule is c1ccc(-c2ccc3ccc(-c4nc(-c5cccc6oc7c8ccccc8ccc7c56)nc(-n5c6ccc7ccccc7c6c6c7ccccc7ccc65)n4)cc3c2)cc1. The van der Waals surface area contributed by atoms with Gasteiger partial charge in [-0.1, -0.05) is 158 Å². The standard InChI is InChI=1S/C55H32N4O/c1-2-11-33(12-3-1)38-23-21-34-22-24-39(32-40(34)31-38)53-56-54(45-19-10-20-48-49(45)44-28-25-37-15-6-9-18-43(37)52(44)60-48)58-55(57-53)59-46-29-26-35-13-4-7-16-41(35)50(46)51-42-17-8-5-14-36(42)27-30-47(51)59/h1-32H. The molecule has 0 bridgehead atoms. The van der Waals surface area contributed by atoms with Crippen molar-refractivity contribution in [1.82, 2.24) is 19.5 Å². The first-order chi connectivity index (χ1) is 29.7. The molecule has 0 fully saturated rings. The van der Waals surface area contributed by atoms with Crippen LogP contribution in [0.15, 0.2) is 199 Å². The van der Waals surface area contributed by atoms with E-state index in [0.29, 0.717) is 17.6 Å². The summed E-state index contributed by atoms with van der Waals surface area (Å²) in [5, 5.41) is 13.6. The highest BCUT2D eigenvalue weighted by Crippen LogP contribution is 2.42. The summed E-state index contributed by atoms with van der Waals surface area (Å²) in [7, 11) is 0. The summed E-state index contributed by atoms with van der Waals surface area (Å²) in [5.74, 6) is 1.72. The zero-order valence-corrected chi connectivity index (χ0v) is 32.2. The molecule has 0 amide bonds. The Kier molecular flexibility index (Phi) is 6.95. The van der Waals surface area contributed by atoms with E-state index in [2.05, 4.69) is 187 Å². The number of nitrogens with zero attached hydrogens (tertiary/aromatic N) is 4. The molecule has 0 atom stereocenters. The van der Waals surface area contributed by atoms with E-state index in [4.69, 9.17) is 19.4 Å². The normalized spacial score (nSPS) is 12.0. The third-order valence-corrected chi connectivity index (χ3v) is 12.2. The van der Waals surface area contributed by atoms with Crippen LogP contribution in [0, 0.1) is 0 Å². The molecule has 13 rings (SSSR count). The van der Waals surface area contributed by atoms with E-state index in [1.165, 1.54) is 37.9 Å². The Balaban J connectivity index is 1.12. The van der Waals surface area contributed by atoms with Gasteiger partial charge in [-0.3, -0.25) is 4.57 Å². The van der Waals surface area contributed by atoms with Crippen molar-refractivity contribution in [3.63, 3.8) is 0 Å². The average molecular weight is 765 g/mol. The molecule has 0 aliphatic carbocycles. The summed E-state index contributed by atoms with van der Waals surface area (Å²) < 4.78 is 8.89. The Bertz CT molecular complexity index is 3810. The maximum atomic E-state index is 6.66. The Morgan fingerprint density at radius 2 is 0.933 bits per heavy atom. The number of aromatic nitrogens is 4. The number of benzene rings is 10. The van der Waals surface area contributed by atoms with Gasteiger partial charge in [0, 0.05) is 38.1 Å². The molecule has 278 valence electrons. The summed E-state index contributed by atoms with van der Waals surface area (Å²) in [6.45, 7) is 0. The molecule has 0 aliphatic heterocycles. The largest absolute Gasteiger partial charge is 0.455 e. The smallest absolute Gasteiger partial charge is 0.238 e. The molecule has 3 heterocycles. The molecule has 13 aromatic rings. The molecule has 3 aromatic heterocycles. The molecule has 10 aromatic carbocycles. The summed E-state index contributed by atoms with van der Waals surface area (Å²) in [4.78, 5) is 16.2. The molecule has 0 unspecified atom stereocenters. The van der Waals surface area contributed by atoms with Gasteiger partial charge in [-0.2, -0.15) is 9.97 Å². The molecule has 0 N–H and O–H groups in total. The Morgan fingerprint density at radius 1 is 0.350 bits per heavy atom. The first-order valence-corrected chi connectivity index (χ1v) is 20.3. The zero-order valence-electron chi connectivity index (χ0n) is 32.2. The van der Waals surface area contributed by atoms with Gasteiger partial charge >= 0.3 is 0 Å². The quantitative estimate of drug-likeness (QED) is 0.179. The fourth-order valence-corrected chi connectivity index (χ4v) is 9.41. The maximum absolute atomic E-state index is 6.66. The summed E-state index contributed by atoms with van der Waals surface area (Å²) in [6, 6.07) is 68.6. The number of furan rings is 1. The van der Waals surface area contributed by atoms with Gasteiger partial charge in [0.05, 0.1) is 11.0 Å². The van der Waals surface area contributed by atoms with Crippen molar-refractivity contribution in [2.45, 2.75) is 0 Å². The van der Waals surface area contributed by atoms with Gasteiger partial charge in [-0.15, -0.1) is 0 Å². The molecule has 0 spiro atoms. The minimum Gasteiger partial charge on any atom is -0.455 e. The molecule has 0 saturated carbocycles. The lowest BCUT2D eigenvalue weighted by molar-refractivity contribution is 0.672. The lowest BCUT2D eigenvalue weighted by Gasteiger charge is -2.12. The van der Waals surface area contributed by atoms with Gasteiger partial charge in [0.1, 0.15) is 11.2 Å². The minimum atomic E-state index is 0.550. The second kappa shape index (κ2) is 12.7. The van der Waals surface area contributed by atoms with Crippen LogP contribution in [0.5, 0.6) is 0 Å². The van der Waals surface area contributed by atoms with Gasteiger partial charge in [0.15, 0.2) is 11.6 Å². The van der Waals surface area contributed by atoms with E-state index in [-0.39, 0.29) is 0 Å². The monoisotopic (exact) mass is 764 g/mol. The van der Waals surface area contributed by atoms with Gasteiger partial charge in [0.2, 0.25) is 5.95 Å². The second-order valence-corrected chi connectivity index (χ2v) is 15.6. The zero-order chi connectivity index (χ0) is 39.3. The fourth-order valence-electron chi connectivity index (χ4n) is 9.41. The van der Waals surface area contributed by atoms with Gasteiger partial charge < -0.3 is 4.42 Å². The maximum Gasteiger partial charge on any atom is 0.238 e. The fraction of sp³-hybridized carbons (Fsp3) is 0. The van der Waals surface area contributed by atoms with E-state index in [1.807, 2.05) is 12.1 Å². The van der Waals surface area contributed by atoms with Crippen molar-refractivity contribution in [1.29, 1.82) is 0 Å². The van der Waals surface area contributed by atoms with Crippen molar-refractivity contribution >= 4 is 86.8 Å². The van der Waals surface area contributed by atoms with Crippen LogP contribution in [-0.4, -0.2) is 19.5 Å². The van der Waals surface area contributed by atoms with E-state index in [1.54, 1.807) is 0 Å². The summed E-state index contributed by atoms with van der Waals surface area (Å²) in [5.41, 5.74) is 7.84. The predicted molar refractivity (Wildman–Crippen MR) is 248 cm³/mol. The van der Waals surface area contributed by atoms with E-state index in [0.717, 1.165) is 71.2 Å². The van der Waals surface area contributed by atoms with E-state index >= 15 is 0 Å². The highest BCUT2D eigenvalue weighted by molar-refractivity contribution is 6.28. The van der Waals surface area contributed by atoms with Crippen LogP contribution in [0.1, 0.15) is 0 Å². The molecule has 0 radical (unpaired) electrons. The van der Waals surface area contributed by atoms with Crippen LogP contribution >= 0.6 is 0 Å². The summed E-state index contributed by atoms with van der Waals surface area (Å²) in [6.07, 6.45) is 0. The Morgan fingerprint density at radius 3 is 1.67 bits per heavy atom. The lowest BCUT2D eigenvalue weighted by atomic mass is 9.99. The number of fused-ring (bicyclic) bond motifs is 13. The van der Waals surface area contributed by atoms with Crippen LogP contribution in [0.2, 0.25) is 0 Å². The molecular weight excluding hydrogens is 733 g/mol. The van der Waals surface area contributed by atoms with Crippen molar-refractivity contribution < 1.29 is 4.42 Å². The predicted octanol–water partition coefficient (Wildman–Crippen LogP) is 14.5. The number of hydrogen-bond acceptors (Lipinski definition) is 4. The van der Waals surface area contributed by atoms with Crippen molar-refractivity contribution in [3.05, 3.63) is 194 Å². The summed E-state index contributed by atoms with van der Waals surface area (Å²) >= 11 is 0. The van der Waals surface area contributed by atoms with Crippen molar-refractivity contribution in [3.8, 4) is 39.9 Å². The Labute approximate surface area is 343 Å². The molecule has 0 saturated heterocycles. The van der Waals surface area contributed by atoms with E-state index in [9.17, 15) is 0 Å². The average Bonchev–Trinajstić information content (AvgIpc) is 3.88. The number of rotatable bonds is 4. The van der Waals surface area contributed by atoms with Gasteiger partial charge in [-0.05, 0) is 85.2 Å². The highest BCUT2D eigenvalue weighted by Gasteiger charge is 2.23. The van der Waals surface area contributed by atoms with Crippen LogP contribution < -0.4 is 0 Å². The molecule has 5 heteroatoms. The molecule has 5 nitrogen and oxygen atoms in total. The molecular formula is C55H32N4O. The topological polar surface area (TPSA) is 56.7 Å². The van der Waals surface area contributed by atoms with Crippen molar-refractivity contribution in [2.75, 3.05) is 0 Å². The van der Waals surface area contributed by atoms with Crippen LogP contribution in [0.4, 0.5) is 0 Å². The van der Waals surface area contributed by atoms with Gasteiger partial charge in [0.25, 0.3) is 0 Å². The second-order valence-electron chi connectivity index (χ2n) is 15.6. The van der Waals surface area contributed by atoms with Crippen LogP contribution in [0.25, 0.3) is 127 Å². The first kappa shape index (κ1) is 32.9. The van der Waals surface area contributed by atoms with Crippen LogP contribution in [-0.2, 0) is 0 Å². The third-order valence-electron chi connectivity index (χ3n) is 12.2. The third kappa shape index (κ3) is 4.90.